The molecule has 12 heteroatoms. The summed E-state index contributed by atoms with van der Waals surface area (Å²) in [5, 5.41) is 24.9. The van der Waals surface area contributed by atoms with Crippen molar-refractivity contribution in [2.24, 2.45) is 22.9 Å². The Labute approximate surface area is 376 Å². The predicted molar refractivity (Wildman–Crippen MR) is 243 cm³/mol. The van der Waals surface area contributed by atoms with Gasteiger partial charge in [0, 0.05) is 37.7 Å². The first kappa shape index (κ1) is 44.8. The molecule has 2 heterocycles. The Morgan fingerprint density at radius 3 is 2.39 bits per heavy atom. The summed E-state index contributed by atoms with van der Waals surface area (Å²) in [7, 11) is 1.38. The molecule has 0 bridgehead atoms. The molecule has 6 atom stereocenters. The lowest BCUT2D eigenvalue weighted by molar-refractivity contribution is -0.256. The molecule has 1 amide bonds. The predicted octanol–water partition coefficient (Wildman–Crippen LogP) is 9.93. The van der Waals surface area contributed by atoms with E-state index in [9.17, 15) is 15.0 Å². The molecule has 2 N–H and O–H groups in total. The average Bonchev–Trinajstić information content (AvgIpc) is 3.78. The quantitative estimate of drug-likeness (QED) is 0.0532. The molecule has 4 aliphatic rings. The van der Waals surface area contributed by atoms with Crippen LogP contribution in [0.1, 0.15) is 78.7 Å². The molecule has 0 spiro atoms. The van der Waals surface area contributed by atoms with Gasteiger partial charge in [-0.1, -0.05) is 72.6 Å². The number of fused-ring (bicyclic) bond motifs is 3. The summed E-state index contributed by atoms with van der Waals surface area (Å²) in [6.45, 7) is 9.01. The largest absolute Gasteiger partial charge is 0.459 e. The van der Waals surface area contributed by atoms with E-state index in [1.165, 1.54) is 12.7 Å². The van der Waals surface area contributed by atoms with Gasteiger partial charge in [0.25, 0.3) is 0 Å². The van der Waals surface area contributed by atoms with E-state index in [0.717, 1.165) is 59.3 Å². The van der Waals surface area contributed by atoms with Gasteiger partial charge in [0.2, 0.25) is 12.6 Å². The Morgan fingerprint density at radius 1 is 0.875 bits per heavy atom. The van der Waals surface area contributed by atoms with Gasteiger partial charge in [-0.25, -0.2) is 4.79 Å². The highest BCUT2D eigenvalue weighted by Crippen LogP contribution is 2.62. The Balaban J connectivity index is 1.32. The number of hydrogen-bond acceptors (Lipinski definition) is 11. The second kappa shape index (κ2) is 20.3. The zero-order valence-corrected chi connectivity index (χ0v) is 37.1. The smallest absolute Gasteiger partial charge is 0.410 e. The van der Waals surface area contributed by atoms with Crippen LogP contribution < -0.4 is 18.9 Å². The zero-order valence-electron chi connectivity index (χ0n) is 37.1. The van der Waals surface area contributed by atoms with E-state index in [1.807, 2.05) is 72.8 Å². The summed E-state index contributed by atoms with van der Waals surface area (Å²) in [6, 6.07) is 26.8. The van der Waals surface area contributed by atoms with E-state index in [1.54, 1.807) is 11.0 Å². The maximum atomic E-state index is 14.4. The summed E-state index contributed by atoms with van der Waals surface area (Å²) in [4.78, 5) is 22.3. The lowest BCUT2D eigenvalue weighted by Crippen LogP contribution is -2.70. The second-order valence-corrected chi connectivity index (χ2v) is 17.2. The molecule has 0 saturated heterocycles. The number of hydrogen-bond donors (Lipinski definition) is 2. The van der Waals surface area contributed by atoms with Crippen LogP contribution in [0.2, 0.25) is 0 Å². The number of oxime groups is 1. The van der Waals surface area contributed by atoms with Crippen molar-refractivity contribution in [2.75, 3.05) is 33.7 Å². The van der Waals surface area contributed by atoms with Crippen molar-refractivity contribution in [3.05, 3.63) is 137 Å². The third-order valence-corrected chi connectivity index (χ3v) is 13.2. The van der Waals surface area contributed by atoms with Crippen molar-refractivity contribution < 1.29 is 48.3 Å². The Kier molecular flexibility index (Phi) is 14.2. The van der Waals surface area contributed by atoms with Crippen molar-refractivity contribution >= 4 is 11.8 Å². The van der Waals surface area contributed by atoms with Crippen LogP contribution in [0.25, 0.3) is 0 Å². The van der Waals surface area contributed by atoms with Crippen LogP contribution in [0.4, 0.5) is 4.79 Å². The summed E-state index contributed by atoms with van der Waals surface area (Å²) in [5.74, 6) is 1.14. The first-order valence-corrected chi connectivity index (χ1v) is 22.5. The molecule has 0 unspecified atom stereocenters. The number of carbonyl (C=O) groups is 1. The van der Waals surface area contributed by atoms with Gasteiger partial charge in [-0.15, -0.1) is 6.58 Å². The van der Waals surface area contributed by atoms with Gasteiger partial charge >= 0.3 is 6.09 Å². The third-order valence-electron chi connectivity index (χ3n) is 13.2. The monoisotopic (exact) mass is 872 g/mol. The maximum Gasteiger partial charge on any atom is 0.410 e. The molecular formula is C52H60N2O10. The first-order valence-electron chi connectivity index (χ1n) is 22.5. The number of unbranched alkanes of at least 4 members (excludes halogenated alkanes) is 2. The lowest BCUT2D eigenvalue weighted by Gasteiger charge is -2.59. The molecule has 2 aliphatic heterocycles. The molecular weight excluding hydrogens is 813 g/mol. The van der Waals surface area contributed by atoms with Gasteiger partial charge in [0.1, 0.15) is 29.9 Å². The van der Waals surface area contributed by atoms with Gasteiger partial charge < -0.3 is 43.5 Å². The van der Waals surface area contributed by atoms with Gasteiger partial charge in [-0.2, -0.15) is 0 Å². The number of benzene rings is 4. The SMILES string of the molecule is C=CCO[C@@]12Oc3ccc(Oc4ccc(C)c(C)c4)cc3[C@H]3[C@H](CCCCO)[C@@H](CCCCO)C=C(C(=NOCc4ccccc4)C[C@@H]1N(Cc1ccc4c(c1)OCO4)C(=O)OC)[C@H]32. The molecule has 1 saturated carbocycles. The fraction of sp³-hybridized carbons (Fsp3) is 0.423. The minimum atomic E-state index is -1.47. The van der Waals surface area contributed by atoms with Crippen LogP contribution in [0.5, 0.6) is 28.7 Å². The van der Waals surface area contributed by atoms with Crippen molar-refractivity contribution in [3.63, 3.8) is 0 Å². The van der Waals surface area contributed by atoms with Crippen LogP contribution in [-0.2, 0) is 27.5 Å². The topological polar surface area (TPSA) is 138 Å². The summed E-state index contributed by atoms with van der Waals surface area (Å²) < 4.78 is 38.1. The molecule has 64 heavy (non-hydrogen) atoms. The fourth-order valence-electron chi connectivity index (χ4n) is 10.0. The normalized spacial score (nSPS) is 23.3. The maximum absolute atomic E-state index is 14.4. The summed E-state index contributed by atoms with van der Waals surface area (Å²) in [6.07, 6.45) is 8.25. The number of carbonyl (C=O) groups excluding carboxylic acids is 1. The highest BCUT2D eigenvalue weighted by Gasteiger charge is 2.65. The number of amides is 1. The van der Waals surface area contributed by atoms with Crippen LogP contribution >= 0.6 is 0 Å². The molecule has 4 aromatic carbocycles. The Morgan fingerprint density at radius 2 is 1.62 bits per heavy atom. The number of ether oxygens (including phenoxy) is 6. The van der Waals surface area contributed by atoms with Crippen molar-refractivity contribution in [1.82, 2.24) is 4.90 Å². The number of nitrogens with zero attached hydrogens (tertiary/aromatic N) is 2. The van der Waals surface area contributed by atoms with E-state index in [-0.39, 0.29) is 63.9 Å². The Bertz CT molecular complexity index is 2330. The number of aliphatic hydroxyl groups excluding tert-OH is 2. The van der Waals surface area contributed by atoms with Crippen molar-refractivity contribution in [1.29, 1.82) is 0 Å². The lowest BCUT2D eigenvalue weighted by atomic mass is 9.55. The van der Waals surface area contributed by atoms with E-state index in [2.05, 4.69) is 38.6 Å². The minimum absolute atomic E-state index is 0.0379. The molecule has 0 aromatic heterocycles. The highest BCUT2D eigenvalue weighted by atomic mass is 16.7. The van der Waals surface area contributed by atoms with Crippen LogP contribution in [0.15, 0.2) is 114 Å². The van der Waals surface area contributed by atoms with Gasteiger partial charge in [-0.3, -0.25) is 4.90 Å². The number of allylic oxidation sites excluding steroid dienone is 1. The molecule has 338 valence electrons. The minimum Gasteiger partial charge on any atom is -0.459 e. The third kappa shape index (κ3) is 9.36. The molecule has 8 rings (SSSR count). The first-order chi connectivity index (χ1) is 31.3. The number of aliphatic hydroxyl groups is 2. The summed E-state index contributed by atoms with van der Waals surface area (Å²) in [5.41, 5.74) is 6.65. The molecule has 4 aromatic rings. The average molecular weight is 873 g/mol. The second-order valence-electron chi connectivity index (χ2n) is 17.2. The van der Waals surface area contributed by atoms with Gasteiger partial charge in [0.05, 0.1) is 25.3 Å². The zero-order chi connectivity index (χ0) is 44.6. The molecule has 0 radical (unpaired) electrons. The standard InChI is InChI=1S/C52H60N2O10/c1-5-25-61-52-48(54(51(57)58-4)31-37-18-21-46-47(27-37)60-33-59-46)30-44(53-62-32-36-13-7-6-8-14-36)42-28-38(15-9-11-23-55)41(16-10-12-24-56)49(50(42)52)43-29-40(20-22-45(43)64-52)63-39-19-17-34(2)35(3)26-39/h5-8,13-14,17-22,26-29,38,41,48-50,55-56H,1,9-12,15-16,23-25,30-33H2,2-4H3/t38-,41+,48-,49+,50+,52+/m0/s1. The number of rotatable bonds is 19. The molecule has 1 fully saturated rings. The van der Waals surface area contributed by atoms with Gasteiger partial charge in [-0.05, 0) is 122 Å². The molecule has 2 aliphatic carbocycles. The van der Waals surface area contributed by atoms with E-state index in [0.29, 0.717) is 41.6 Å². The summed E-state index contributed by atoms with van der Waals surface area (Å²) >= 11 is 0. The Hall–Kier alpha value is -5.82. The van der Waals surface area contributed by atoms with E-state index >= 15 is 0 Å². The van der Waals surface area contributed by atoms with E-state index in [4.69, 9.17) is 38.4 Å². The van der Waals surface area contributed by atoms with Crippen LogP contribution in [0.3, 0.4) is 0 Å². The van der Waals surface area contributed by atoms with Crippen LogP contribution in [0, 0.1) is 31.6 Å². The number of methoxy groups -OCH3 is 1. The van der Waals surface area contributed by atoms with E-state index < -0.39 is 23.8 Å². The molecule has 12 nitrogen and oxygen atoms in total. The number of aryl methyl sites for hydroxylation is 2. The fourth-order valence-corrected chi connectivity index (χ4v) is 10.0. The van der Waals surface area contributed by atoms with Crippen LogP contribution in [-0.4, -0.2) is 72.5 Å². The highest BCUT2D eigenvalue weighted by molar-refractivity contribution is 6.03. The van der Waals surface area contributed by atoms with Crippen molar-refractivity contribution in [2.45, 2.75) is 89.7 Å². The van der Waals surface area contributed by atoms with Gasteiger partial charge in [0.15, 0.2) is 11.5 Å². The van der Waals surface area contributed by atoms with Crippen molar-refractivity contribution in [3.8, 4) is 28.7 Å².